The van der Waals surface area contributed by atoms with Gasteiger partial charge in [0.15, 0.2) is 0 Å². The van der Waals surface area contributed by atoms with Gasteiger partial charge >= 0.3 is 5.97 Å². The highest BCUT2D eigenvalue weighted by atomic mass is 19.1. The van der Waals surface area contributed by atoms with Gasteiger partial charge < -0.3 is 10.4 Å². The lowest BCUT2D eigenvalue weighted by molar-refractivity contribution is 0.0691. The van der Waals surface area contributed by atoms with Gasteiger partial charge in [0.05, 0.1) is 0 Å². The van der Waals surface area contributed by atoms with Crippen molar-refractivity contribution in [3.8, 4) is 0 Å². The number of nitrogens with one attached hydrogen (secondary N) is 1. The largest absolute Gasteiger partial charge is 0.478 e. The SMILES string of the molecule is CNCCC=Cc1cccc(F)c1C(=O)O. The molecule has 0 bridgehead atoms. The summed E-state index contributed by atoms with van der Waals surface area (Å²) in [5, 5.41) is 11.8. The van der Waals surface area contributed by atoms with Gasteiger partial charge in [-0.1, -0.05) is 24.3 Å². The molecule has 0 atom stereocenters. The summed E-state index contributed by atoms with van der Waals surface area (Å²) in [4.78, 5) is 10.8. The van der Waals surface area contributed by atoms with Gasteiger partial charge in [-0.25, -0.2) is 9.18 Å². The fourth-order valence-electron chi connectivity index (χ4n) is 1.34. The first-order chi connectivity index (χ1) is 7.66. The van der Waals surface area contributed by atoms with Crippen LogP contribution in [-0.4, -0.2) is 24.7 Å². The Morgan fingerprint density at radius 2 is 2.31 bits per heavy atom. The lowest BCUT2D eigenvalue weighted by Crippen LogP contribution is -2.06. The average molecular weight is 223 g/mol. The van der Waals surface area contributed by atoms with Crippen molar-refractivity contribution in [3.05, 3.63) is 41.2 Å². The summed E-state index contributed by atoms with van der Waals surface area (Å²) in [6, 6.07) is 4.23. The molecule has 0 aromatic heterocycles. The van der Waals surface area contributed by atoms with Crippen LogP contribution in [0.3, 0.4) is 0 Å². The monoisotopic (exact) mass is 223 g/mol. The Balaban J connectivity index is 2.91. The Bertz CT molecular complexity index is 402. The minimum Gasteiger partial charge on any atom is -0.478 e. The van der Waals surface area contributed by atoms with Gasteiger partial charge in [-0.3, -0.25) is 0 Å². The highest BCUT2D eigenvalue weighted by molar-refractivity contribution is 5.92. The van der Waals surface area contributed by atoms with E-state index in [1.54, 1.807) is 12.1 Å². The molecular formula is C12H14FNO2. The molecule has 1 rings (SSSR count). The Morgan fingerprint density at radius 1 is 1.56 bits per heavy atom. The Hall–Kier alpha value is -1.68. The summed E-state index contributed by atoms with van der Waals surface area (Å²) in [7, 11) is 1.83. The summed E-state index contributed by atoms with van der Waals surface area (Å²) in [5.74, 6) is -1.95. The van der Waals surface area contributed by atoms with Crippen molar-refractivity contribution in [1.29, 1.82) is 0 Å². The second-order valence-corrected chi connectivity index (χ2v) is 3.30. The number of carboxylic acid groups (broad SMARTS) is 1. The molecule has 4 heteroatoms. The first-order valence-corrected chi connectivity index (χ1v) is 4.99. The second-order valence-electron chi connectivity index (χ2n) is 3.30. The van der Waals surface area contributed by atoms with Crippen LogP contribution in [0.15, 0.2) is 24.3 Å². The topological polar surface area (TPSA) is 49.3 Å². The van der Waals surface area contributed by atoms with Gasteiger partial charge in [0.1, 0.15) is 11.4 Å². The van der Waals surface area contributed by atoms with E-state index in [1.807, 2.05) is 13.1 Å². The van der Waals surface area contributed by atoms with Crippen LogP contribution in [0.1, 0.15) is 22.3 Å². The maximum Gasteiger partial charge on any atom is 0.339 e. The average Bonchev–Trinajstić information content (AvgIpc) is 2.24. The van der Waals surface area contributed by atoms with E-state index >= 15 is 0 Å². The fourth-order valence-corrected chi connectivity index (χ4v) is 1.34. The summed E-state index contributed by atoms with van der Waals surface area (Å²) in [5.41, 5.74) is 0.117. The van der Waals surface area contributed by atoms with E-state index in [-0.39, 0.29) is 5.56 Å². The zero-order valence-corrected chi connectivity index (χ0v) is 9.03. The smallest absolute Gasteiger partial charge is 0.339 e. The second kappa shape index (κ2) is 6.02. The molecule has 1 aromatic carbocycles. The van der Waals surface area contributed by atoms with Crippen LogP contribution < -0.4 is 5.32 Å². The van der Waals surface area contributed by atoms with E-state index in [0.717, 1.165) is 19.0 Å². The zero-order chi connectivity index (χ0) is 12.0. The third-order valence-corrected chi connectivity index (χ3v) is 2.12. The highest BCUT2D eigenvalue weighted by Gasteiger charge is 2.13. The van der Waals surface area contributed by atoms with E-state index < -0.39 is 11.8 Å². The molecule has 1 aromatic rings. The van der Waals surface area contributed by atoms with Crippen LogP contribution >= 0.6 is 0 Å². The van der Waals surface area contributed by atoms with E-state index in [1.165, 1.54) is 6.07 Å². The summed E-state index contributed by atoms with van der Waals surface area (Å²) < 4.78 is 13.2. The van der Waals surface area contributed by atoms with Crippen molar-refractivity contribution >= 4 is 12.0 Å². The molecule has 86 valence electrons. The summed E-state index contributed by atoms with van der Waals surface area (Å²) in [6.07, 6.45) is 4.22. The van der Waals surface area contributed by atoms with Crippen molar-refractivity contribution in [2.24, 2.45) is 0 Å². The maximum absolute atomic E-state index is 13.2. The lowest BCUT2D eigenvalue weighted by atomic mass is 10.1. The van der Waals surface area contributed by atoms with Gasteiger partial charge in [-0.15, -0.1) is 0 Å². The minimum absolute atomic E-state index is 0.275. The molecule has 0 saturated carbocycles. The molecule has 2 N–H and O–H groups in total. The molecule has 0 aliphatic rings. The Kier molecular flexibility index (Phi) is 4.66. The predicted octanol–water partition coefficient (Wildman–Crippen LogP) is 2.15. The standard InChI is InChI=1S/C12H14FNO2/c1-14-8-3-2-5-9-6-4-7-10(13)11(9)12(15)16/h2,4-7,14H,3,8H2,1H3,(H,15,16). The maximum atomic E-state index is 13.2. The van der Waals surface area contributed by atoms with Crippen LogP contribution in [0.5, 0.6) is 0 Å². The van der Waals surface area contributed by atoms with Crippen molar-refractivity contribution < 1.29 is 14.3 Å². The Labute approximate surface area is 93.6 Å². The molecule has 0 aliphatic heterocycles. The fraction of sp³-hybridized carbons (Fsp3) is 0.250. The lowest BCUT2D eigenvalue weighted by Gasteiger charge is -2.02. The molecule has 0 heterocycles. The van der Waals surface area contributed by atoms with Gasteiger partial charge in [0, 0.05) is 0 Å². The van der Waals surface area contributed by atoms with Crippen LogP contribution in [0.25, 0.3) is 6.08 Å². The predicted molar refractivity (Wildman–Crippen MR) is 60.9 cm³/mol. The molecule has 16 heavy (non-hydrogen) atoms. The van der Waals surface area contributed by atoms with E-state index in [2.05, 4.69) is 5.32 Å². The van der Waals surface area contributed by atoms with Crippen LogP contribution in [-0.2, 0) is 0 Å². The number of carbonyl (C=O) groups is 1. The first-order valence-electron chi connectivity index (χ1n) is 4.99. The Morgan fingerprint density at radius 3 is 2.94 bits per heavy atom. The van der Waals surface area contributed by atoms with Crippen molar-refractivity contribution in [3.63, 3.8) is 0 Å². The van der Waals surface area contributed by atoms with E-state index in [9.17, 15) is 9.18 Å². The number of hydrogen-bond donors (Lipinski definition) is 2. The molecule has 0 aliphatic carbocycles. The quantitative estimate of drug-likeness (QED) is 0.752. The van der Waals surface area contributed by atoms with E-state index in [0.29, 0.717) is 5.56 Å². The number of hydrogen-bond acceptors (Lipinski definition) is 2. The van der Waals surface area contributed by atoms with Crippen molar-refractivity contribution in [2.45, 2.75) is 6.42 Å². The number of benzene rings is 1. The first kappa shape index (κ1) is 12.4. The number of rotatable bonds is 5. The van der Waals surface area contributed by atoms with Crippen LogP contribution in [0.4, 0.5) is 4.39 Å². The summed E-state index contributed by atoms with van der Waals surface area (Å²) in [6.45, 7) is 0.800. The van der Waals surface area contributed by atoms with Crippen molar-refractivity contribution in [2.75, 3.05) is 13.6 Å². The summed E-state index contributed by atoms with van der Waals surface area (Å²) >= 11 is 0. The molecule has 0 fully saturated rings. The van der Waals surface area contributed by atoms with Gasteiger partial charge in [0.25, 0.3) is 0 Å². The highest BCUT2D eigenvalue weighted by Crippen LogP contribution is 2.15. The van der Waals surface area contributed by atoms with Gasteiger partial charge in [0.2, 0.25) is 0 Å². The molecule has 0 amide bonds. The molecule has 0 spiro atoms. The van der Waals surface area contributed by atoms with Crippen LogP contribution in [0.2, 0.25) is 0 Å². The number of aromatic carboxylic acids is 1. The molecular weight excluding hydrogens is 209 g/mol. The van der Waals surface area contributed by atoms with Crippen LogP contribution in [0, 0.1) is 5.82 Å². The van der Waals surface area contributed by atoms with Gasteiger partial charge in [-0.05, 0) is 31.6 Å². The molecule has 0 saturated heterocycles. The van der Waals surface area contributed by atoms with Crippen molar-refractivity contribution in [1.82, 2.24) is 5.32 Å². The third kappa shape index (κ3) is 3.17. The number of carboxylic acids is 1. The van der Waals surface area contributed by atoms with Gasteiger partial charge in [-0.2, -0.15) is 0 Å². The third-order valence-electron chi connectivity index (χ3n) is 2.12. The van der Waals surface area contributed by atoms with E-state index in [4.69, 9.17) is 5.11 Å². The molecule has 0 radical (unpaired) electrons. The molecule has 0 unspecified atom stereocenters. The normalized spacial score (nSPS) is 10.9. The zero-order valence-electron chi connectivity index (χ0n) is 9.03. The molecule has 3 nitrogen and oxygen atoms in total. The number of halogens is 1. The minimum atomic E-state index is -1.24.